The van der Waals surface area contributed by atoms with E-state index in [9.17, 15) is 10.2 Å². The van der Waals surface area contributed by atoms with Crippen LogP contribution in [0.15, 0.2) is 60.7 Å². The molecule has 0 aliphatic heterocycles. The first-order valence-electron chi connectivity index (χ1n) is 6.12. The average molecular weight is 242 g/mol. The molecule has 2 unspecified atom stereocenters. The lowest BCUT2D eigenvalue weighted by atomic mass is 9.79. The Morgan fingerprint density at radius 1 is 0.944 bits per heavy atom. The van der Waals surface area contributed by atoms with Crippen LogP contribution >= 0.6 is 0 Å². The number of hydrogen-bond acceptors (Lipinski definition) is 2. The van der Waals surface area contributed by atoms with Crippen molar-refractivity contribution in [3.05, 3.63) is 71.8 Å². The van der Waals surface area contributed by atoms with Crippen molar-refractivity contribution in [1.82, 2.24) is 0 Å². The summed E-state index contributed by atoms with van der Waals surface area (Å²) in [4.78, 5) is 0. The first-order chi connectivity index (χ1) is 8.68. The Hall–Kier alpha value is -1.64. The van der Waals surface area contributed by atoms with E-state index >= 15 is 0 Å². The molecule has 0 heterocycles. The molecule has 18 heavy (non-hydrogen) atoms. The Morgan fingerprint density at radius 3 is 1.94 bits per heavy atom. The van der Waals surface area contributed by atoms with Gasteiger partial charge in [-0.05, 0) is 11.1 Å². The lowest BCUT2D eigenvalue weighted by molar-refractivity contribution is -0.0382. The zero-order valence-corrected chi connectivity index (χ0v) is 10.5. The molecule has 2 nitrogen and oxygen atoms in total. The van der Waals surface area contributed by atoms with Crippen LogP contribution in [-0.2, 0) is 5.60 Å². The maximum Gasteiger partial charge on any atom is 0.119 e. The van der Waals surface area contributed by atoms with Crippen molar-refractivity contribution in [3.63, 3.8) is 0 Å². The van der Waals surface area contributed by atoms with Crippen LogP contribution in [0.25, 0.3) is 0 Å². The number of hydrogen-bond donors (Lipinski definition) is 2. The molecular formula is C16H18O2. The van der Waals surface area contributed by atoms with Gasteiger partial charge in [-0.3, -0.25) is 0 Å². The summed E-state index contributed by atoms with van der Waals surface area (Å²) >= 11 is 0. The van der Waals surface area contributed by atoms with Crippen molar-refractivity contribution < 1.29 is 10.2 Å². The number of rotatable bonds is 4. The van der Waals surface area contributed by atoms with Gasteiger partial charge in [0.1, 0.15) is 5.60 Å². The quantitative estimate of drug-likeness (QED) is 0.865. The third-order valence-corrected chi connectivity index (χ3v) is 3.53. The van der Waals surface area contributed by atoms with Crippen LogP contribution in [0.5, 0.6) is 0 Å². The van der Waals surface area contributed by atoms with Gasteiger partial charge in [-0.15, -0.1) is 0 Å². The van der Waals surface area contributed by atoms with E-state index in [4.69, 9.17) is 0 Å². The number of aliphatic hydroxyl groups excluding tert-OH is 1. The minimum atomic E-state index is -1.25. The van der Waals surface area contributed by atoms with E-state index in [1.165, 1.54) is 0 Å². The zero-order valence-electron chi connectivity index (χ0n) is 10.5. The Kier molecular flexibility index (Phi) is 3.80. The van der Waals surface area contributed by atoms with Crippen molar-refractivity contribution in [2.75, 3.05) is 6.61 Å². The Labute approximate surface area is 108 Å². The van der Waals surface area contributed by atoms with Gasteiger partial charge in [-0.1, -0.05) is 67.6 Å². The molecule has 0 bridgehead atoms. The minimum absolute atomic E-state index is 0.175. The number of aliphatic hydroxyl groups is 2. The van der Waals surface area contributed by atoms with Crippen molar-refractivity contribution in [2.45, 2.75) is 18.4 Å². The summed E-state index contributed by atoms with van der Waals surface area (Å²) in [5, 5.41) is 20.4. The monoisotopic (exact) mass is 242 g/mol. The molecule has 2 aromatic rings. The number of benzene rings is 2. The second-order valence-corrected chi connectivity index (χ2v) is 4.58. The van der Waals surface area contributed by atoms with Gasteiger partial charge in [0, 0.05) is 5.92 Å². The molecule has 0 saturated heterocycles. The van der Waals surface area contributed by atoms with E-state index in [1.54, 1.807) is 0 Å². The summed E-state index contributed by atoms with van der Waals surface area (Å²) in [5.41, 5.74) is 0.504. The van der Waals surface area contributed by atoms with Crippen molar-refractivity contribution in [2.24, 2.45) is 0 Å². The molecule has 0 amide bonds. The second kappa shape index (κ2) is 5.34. The predicted molar refractivity (Wildman–Crippen MR) is 72.3 cm³/mol. The largest absolute Gasteiger partial charge is 0.393 e. The average Bonchev–Trinajstić information content (AvgIpc) is 2.47. The maximum atomic E-state index is 10.8. The lowest BCUT2D eigenvalue weighted by Crippen LogP contribution is -2.36. The van der Waals surface area contributed by atoms with Gasteiger partial charge >= 0.3 is 0 Å². The van der Waals surface area contributed by atoms with Gasteiger partial charge < -0.3 is 10.2 Å². The zero-order chi connectivity index (χ0) is 13.0. The highest BCUT2D eigenvalue weighted by atomic mass is 16.3. The third kappa shape index (κ3) is 2.30. The topological polar surface area (TPSA) is 40.5 Å². The van der Waals surface area contributed by atoms with Crippen LogP contribution in [0.4, 0.5) is 0 Å². The van der Waals surface area contributed by atoms with Crippen molar-refractivity contribution in [1.29, 1.82) is 0 Å². The van der Waals surface area contributed by atoms with E-state index in [-0.39, 0.29) is 12.5 Å². The van der Waals surface area contributed by atoms with Crippen molar-refractivity contribution in [3.8, 4) is 0 Å². The summed E-state index contributed by atoms with van der Waals surface area (Å²) in [6.45, 7) is 1.63. The molecule has 0 fully saturated rings. The highest BCUT2D eigenvalue weighted by Gasteiger charge is 2.35. The van der Waals surface area contributed by atoms with Gasteiger partial charge in [-0.2, -0.15) is 0 Å². The first kappa shape index (κ1) is 12.8. The second-order valence-electron chi connectivity index (χ2n) is 4.58. The van der Waals surface area contributed by atoms with Crippen LogP contribution in [-0.4, -0.2) is 16.8 Å². The van der Waals surface area contributed by atoms with Crippen LogP contribution in [0.2, 0.25) is 0 Å². The van der Waals surface area contributed by atoms with E-state index in [1.807, 2.05) is 67.6 Å². The van der Waals surface area contributed by atoms with Gasteiger partial charge in [0.25, 0.3) is 0 Å². The standard InChI is InChI=1S/C16H18O2/c1-13(14-8-4-2-5-9-14)16(18,12-17)15-10-6-3-7-11-15/h2-11,13,17-18H,12H2,1H3. The minimum Gasteiger partial charge on any atom is -0.393 e. The summed E-state index contributed by atoms with van der Waals surface area (Å²) < 4.78 is 0. The summed E-state index contributed by atoms with van der Waals surface area (Å²) in [6, 6.07) is 19.1. The lowest BCUT2D eigenvalue weighted by Gasteiger charge is -2.33. The molecule has 0 aromatic heterocycles. The fourth-order valence-corrected chi connectivity index (χ4v) is 2.22. The molecule has 0 radical (unpaired) electrons. The summed E-state index contributed by atoms with van der Waals surface area (Å²) in [5.74, 6) is -0.175. The van der Waals surface area contributed by atoms with Crippen LogP contribution in [0.3, 0.4) is 0 Å². The molecule has 2 heteroatoms. The Morgan fingerprint density at radius 2 is 1.44 bits per heavy atom. The normalized spacial score (nSPS) is 15.9. The summed E-state index contributed by atoms with van der Waals surface area (Å²) in [6.07, 6.45) is 0. The van der Waals surface area contributed by atoms with E-state index in [0.29, 0.717) is 0 Å². The van der Waals surface area contributed by atoms with E-state index in [0.717, 1.165) is 11.1 Å². The Balaban J connectivity index is 2.39. The fraction of sp³-hybridized carbons (Fsp3) is 0.250. The highest BCUT2D eigenvalue weighted by molar-refractivity contribution is 5.30. The van der Waals surface area contributed by atoms with Crippen LogP contribution < -0.4 is 0 Å². The van der Waals surface area contributed by atoms with Gasteiger partial charge in [0.2, 0.25) is 0 Å². The molecular weight excluding hydrogens is 224 g/mol. The predicted octanol–water partition coefficient (Wildman–Crippen LogP) is 2.67. The summed E-state index contributed by atoms with van der Waals surface area (Å²) in [7, 11) is 0. The Bertz CT molecular complexity index is 481. The van der Waals surface area contributed by atoms with E-state index in [2.05, 4.69) is 0 Å². The third-order valence-electron chi connectivity index (χ3n) is 3.53. The fourth-order valence-electron chi connectivity index (χ4n) is 2.22. The molecule has 2 rings (SSSR count). The molecule has 94 valence electrons. The van der Waals surface area contributed by atoms with Crippen molar-refractivity contribution >= 4 is 0 Å². The van der Waals surface area contributed by atoms with E-state index < -0.39 is 5.60 Å². The molecule has 2 N–H and O–H groups in total. The smallest absolute Gasteiger partial charge is 0.119 e. The maximum absolute atomic E-state index is 10.8. The SMILES string of the molecule is CC(c1ccccc1)C(O)(CO)c1ccccc1. The highest BCUT2D eigenvalue weighted by Crippen LogP contribution is 2.36. The molecule has 0 aliphatic carbocycles. The van der Waals surface area contributed by atoms with Crippen LogP contribution in [0.1, 0.15) is 24.0 Å². The molecule has 2 atom stereocenters. The van der Waals surface area contributed by atoms with Gasteiger partial charge in [0.15, 0.2) is 0 Å². The first-order valence-corrected chi connectivity index (χ1v) is 6.12. The van der Waals surface area contributed by atoms with Gasteiger partial charge in [-0.25, -0.2) is 0 Å². The van der Waals surface area contributed by atoms with Crippen LogP contribution in [0, 0.1) is 0 Å². The molecule has 0 aliphatic rings. The molecule has 0 spiro atoms. The molecule has 2 aromatic carbocycles. The molecule has 0 saturated carbocycles. The van der Waals surface area contributed by atoms with Gasteiger partial charge in [0.05, 0.1) is 6.61 Å².